The summed E-state index contributed by atoms with van der Waals surface area (Å²) in [7, 11) is 0. The van der Waals surface area contributed by atoms with Crippen LogP contribution in [0.1, 0.15) is 19.8 Å². The molecule has 0 fully saturated rings. The Hall–Kier alpha value is -0.0100. The summed E-state index contributed by atoms with van der Waals surface area (Å²) in [5.41, 5.74) is 2.19. The molecule has 0 aromatic rings. The number of allylic oxidation sites excluding steroid dienone is 3. The first-order chi connectivity index (χ1) is 5.61. The third-order valence-corrected chi connectivity index (χ3v) is 2.80. The van der Waals surface area contributed by atoms with E-state index in [1.54, 1.807) is 0 Å². The van der Waals surface area contributed by atoms with Crippen molar-refractivity contribution in [2.45, 2.75) is 25.1 Å². The third-order valence-electron chi connectivity index (χ3n) is 1.62. The maximum atomic E-state index is 6.00. The maximum Gasteiger partial charge on any atom is 0.0543 e. The Balaban J connectivity index is 3.82. The molecule has 0 saturated heterocycles. The van der Waals surface area contributed by atoms with Gasteiger partial charge >= 0.3 is 0 Å². The van der Waals surface area contributed by atoms with Crippen molar-refractivity contribution in [3.05, 3.63) is 35.4 Å². The minimum absolute atomic E-state index is 0.0763. The monoisotopic (exact) mass is 248 g/mol. The highest BCUT2D eigenvalue weighted by atomic mass is 79.9. The van der Waals surface area contributed by atoms with Crippen LogP contribution in [-0.2, 0) is 0 Å². The smallest absolute Gasteiger partial charge is 0.0543 e. The van der Waals surface area contributed by atoms with E-state index in [2.05, 4.69) is 29.1 Å². The van der Waals surface area contributed by atoms with E-state index >= 15 is 0 Å². The van der Waals surface area contributed by atoms with Crippen LogP contribution < -0.4 is 0 Å². The van der Waals surface area contributed by atoms with Gasteiger partial charge in [0.1, 0.15) is 0 Å². The first kappa shape index (κ1) is 12.0. The van der Waals surface area contributed by atoms with Gasteiger partial charge < -0.3 is 0 Å². The average molecular weight is 250 g/mol. The summed E-state index contributed by atoms with van der Waals surface area (Å²) in [6.07, 6.45) is 3.69. The van der Waals surface area contributed by atoms with E-state index < -0.39 is 0 Å². The van der Waals surface area contributed by atoms with Crippen LogP contribution in [0.4, 0.5) is 0 Å². The van der Waals surface area contributed by atoms with Crippen LogP contribution in [0.3, 0.4) is 0 Å². The van der Waals surface area contributed by atoms with Crippen molar-refractivity contribution < 1.29 is 0 Å². The molecular formula is C10H14BrCl. The fourth-order valence-electron chi connectivity index (χ4n) is 0.741. The highest BCUT2D eigenvalue weighted by Crippen LogP contribution is 2.18. The van der Waals surface area contributed by atoms with Crippen LogP contribution in [0.25, 0.3) is 0 Å². The van der Waals surface area contributed by atoms with Gasteiger partial charge in [-0.05, 0) is 30.3 Å². The zero-order valence-corrected chi connectivity index (χ0v) is 9.66. The molecule has 1 atom stereocenters. The molecule has 0 aliphatic rings. The van der Waals surface area contributed by atoms with Crippen LogP contribution >= 0.6 is 27.5 Å². The molecule has 2 heteroatoms. The fourth-order valence-corrected chi connectivity index (χ4v) is 1.27. The van der Waals surface area contributed by atoms with E-state index in [0.717, 1.165) is 18.4 Å². The van der Waals surface area contributed by atoms with Crippen molar-refractivity contribution in [2.24, 2.45) is 0 Å². The molecule has 0 amide bonds. The predicted molar refractivity (Wildman–Crippen MR) is 60.9 cm³/mol. The second-order valence-corrected chi connectivity index (χ2v) is 3.73. The summed E-state index contributed by atoms with van der Waals surface area (Å²) in [6.45, 7) is 9.43. The van der Waals surface area contributed by atoms with Crippen molar-refractivity contribution in [1.29, 1.82) is 0 Å². The Morgan fingerprint density at radius 2 is 2.25 bits per heavy atom. The van der Waals surface area contributed by atoms with Gasteiger partial charge in [0.2, 0.25) is 0 Å². The Kier molecular flexibility index (Phi) is 6.49. The highest BCUT2D eigenvalue weighted by Gasteiger charge is 2.04. The molecule has 12 heavy (non-hydrogen) atoms. The molecule has 0 aromatic carbocycles. The van der Waals surface area contributed by atoms with Crippen LogP contribution in [0.15, 0.2) is 35.4 Å². The molecule has 0 aliphatic carbocycles. The Morgan fingerprint density at radius 1 is 1.67 bits per heavy atom. The lowest BCUT2D eigenvalue weighted by molar-refractivity contribution is 0.826. The van der Waals surface area contributed by atoms with E-state index in [1.807, 2.05) is 18.0 Å². The normalized spacial score (nSPS) is 14.1. The molecule has 0 heterocycles. The molecule has 0 bridgehead atoms. The molecule has 0 nitrogen and oxygen atoms in total. The molecule has 0 radical (unpaired) electrons. The van der Waals surface area contributed by atoms with Gasteiger partial charge in [-0.3, -0.25) is 0 Å². The molecule has 0 spiro atoms. The lowest BCUT2D eigenvalue weighted by Gasteiger charge is -2.08. The van der Waals surface area contributed by atoms with E-state index in [9.17, 15) is 0 Å². The quantitative estimate of drug-likeness (QED) is 0.384. The Labute approximate surface area is 88.1 Å². The molecule has 68 valence electrons. The molecule has 1 unspecified atom stereocenters. The summed E-state index contributed by atoms with van der Waals surface area (Å²) < 4.78 is 0. The van der Waals surface area contributed by atoms with Gasteiger partial charge in [-0.1, -0.05) is 40.7 Å². The van der Waals surface area contributed by atoms with Gasteiger partial charge in [-0.15, -0.1) is 11.6 Å². The summed E-state index contributed by atoms with van der Waals surface area (Å²) in [5, 5.41) is 0.0763. The molecule has 0 rings (SSSR count). The largest absolute Gasteiger partial charge is 0.118 e. The van der Waals surface area contributed by atoms with Gasteiger partial charge in [0.25, 0.3) is 0 Å². The number of halogens is 2. The highest BCUT2D eigenvalue weighted by molar-refractivity contribution is 9.11. The maximum absolute atomic E-state index is 6.00. The summed E-state index contributed by atoms with van der Waals surface area (Å²) >= 11 is 9.26. The van der Waals surface area contributed by atoms with Crippen molar-refractivity contribution >= 4 is 27.5 Å². The molecular weight excluding hydrogens is 235 g/mol. The lowest BCUT2D eigenvalue weighted by atomic mass is 10.1. The summed E-state index contributed by atoms with van der Waals surface area (Å²) in [5.74, 6) is 0. The molecule has 0 N–H and O–H groups in total. The Bertz CT molecular complexity index is 194. The van der Waals surface area contributed by atoms with Crippen LogP contribution in [-0.4, -0.2) is 5.38 Å². The minimum Gasteiger partial charge on any atom is -0.118 e. The van der Waals surface area contributed by atoms with Crippen LogP contribution in [0, 0.1) is 0 Å². The zero-order valence-electron chi connectivity index (χ0n) is 7.32. The van der Waals surface area contributed by atoms with Gasteiger partial charge in [-0.25, -0.2) is 0 Å². The number of hydrogen-bond acceptors (Lipinski definition) is 0. The third kappa shape index (κ3) is 4.78. The second kappa shape index (κ2) is 6.50. The topological polar surface area (TPSA) is 0 Å². The summed E-state index contributed by atoms with van der Waals surface area (Å²) in [6, 6.07) is 0. The van der Waals surface area contributed by atoms with E-state index in [-0.39, 0.29) is 5.38 Å². The molecule has 0 saturated carbocycles. The average Bonchev–Trinajstić information content (AvgIpc) is 2.05. The lowest BCUT2D eigenvalue weighted by Crippen LogP contribution is -1.98. The SMILES string of the molecule is C=C/C(=C/Br)CCC(Cl)C(=C)C. The summed E-state index contributed by atoms with van der Waals surface area (Å²) in [4.78, 5) is 1.88. The fraction of sp³-hybridized carbons (Fsp3) is 0.400. The van der Waals surface area contributed by atoms with Gasteiger partial charge in [0.05, 0.1) is 5.38 Å². The second-order valence-electron chi connectivity index (χ2n) is 2.74. The number of alkyl halides is 1. The zero-order chi connectivity index (χ0) is 9.56. The van der Waals surface area contributed by atoms with Crippen molar-refractivity contribution in [2.75, 3.05) is 0 Å². The minimum atomic E-state index is 0.0763. The Morgan fingerprint density at radius 3 is 2.58 bits per heavy atom. The van der Waals surface area contributed by atoms with E-state index in [4.69, 9.17) is 11.6 Å². The first-order valence-corrected chi connectivity index (χ1v) is 5.18. The number of hydrogen-bond donors (Lipinski definition) is 0. The van der Waals surface area contributed by atoms with E-state index in [0.29, 0.717) is 0 Å². The van der Waals surface area contributed by atoms with Crippen molar-refractivity contribution in [3.8, 4) is 0 Å². The van der Waals surface area contributed by atoms with Gasteiger partial charge in [-0.2, -0.15) is 0 Å². The first-order valence-electron chi connectivity index (χ1n) is 3.83. The van der Waals surface area contributed by atoms with Gasteiger partial charge in [0, 0.05) is 0 Å². The van der Waals surface area contributed by atoms with Crippen LogP contribution in [0.5, 0.6) is 0 Å². The molecule has 0 aliphatic heterocycles. The van der Waals surface area contributed by atoms with Gasteiger partial charge in [0.15, 0.2) is 0 Å². The number of rotatable bonds is 5. The van der Waals surface area contributed by atoms with Crippen molar-refractivity contribution in [3.63, 3.8) is 0 Å². The van der Waals surface area contributed by atoms with Crippen molar-refractivity contribution in [1.82, 2.24) is 0 Å². The standard InChI is InChI=1S/C10H14BrCl/c1-4-9(7-11)5-6-10(12)8(2)3/h4,7,10H,1-2,5-6H2,3H3/b9-7-. The molecule has 0 aromatic heterocycles. The van der Waals surface area contributed by atoms with E-state index in [1.165, 1.54) is 5.57 Å². The predicted octanol–water partition coefficient (Wildman–Crippen LogP) is 4.41. The van der Waals surface area contributed by atoms with Crippen LogP contribution in [0.2, 0.25) is 0 Å².